The summed E-state index contributed by atoms with van der Waals surface area (Å²) in [5, 5.41) is 11.3. The van der Waals surface area contributed by atoms with Gasteiger partial charge in [0.2, 0.25) is 0 Å². The molecule has 0 saturated heterocycles. The standard InChI is InChI=1S/C8H7N3Se2/c12-8(13)9-7-5-3-1-2-4-6(5)10-11-7/h1-4H,(H3,9,10,11,12,13). The summed E-state index contributed by atoms with van der Waals surface area (Å²) < 4.78 is 0.949. The summed E-state index contributed by atoms with van der Waals surface area (Å²) >= 11 is 5.27. The van der Waals surface area contributed by atoms with Gasteiger partial charge in [-0.25, -0.2) is 0 Å². The number of benzene rings is 1. The summed E-state index contributed by atoms with van der Waals surface area (Å²) in [5.41, 5.74) is 1.04. The number of hydrogen-bond donors (Lipinski definition) is 2. The second-order valence-electron chi connectivity index (χ2n) is 2.55. The Kier molecular flexibility index (Phi) is 2.51. The number of aromatic nitrogens is 2. The molecule has 0 spiro atoms. The van der Waals surface area contributed by atoms with E-state index in [1.54, 1.807) is 0 Å². The van der Waals surface area contributed by atoms with E-state index in [9.17, 15) is 0 Å². The van der Waals surface area contributed by atoms with Crippen LogP contribution < -0.4 is 5.32 Å². The Morgan fingerprint density at radius 1 is 1.46 bits per heavy atom. The molecule has 0 atom stereocenters. The first-order valence-electron chi connectivity index (χ1n) is 3.70. The fourth-order valence-corrected chi connectivity index (χ4v) is 1.59. The van der Waals surface area contributed by atoms with Crippen molar-refractivity contribution in [3.8, 4) is 0 Å². The van der Waals surface area contributed by atoms with E-state index in [4.69, 9.17) is 0 Å². The quantitative estimate of drug-likeness (QED) is 0.775. The second kappa shape index (κ2) is 3.64. The van der Waals surface area contributed by atoms with Crippen LogP contribution in [0.25, 0.3) is 10.9 Å². The van der Waals surface area contributed by atoms with Crippen molar-refractivity contribution in [1.29, 1.82) is 0 Å². The fraction of sp³-hybridized carbons (Fsp3) is 0. The Hall–Kier alpha value is -0.601. The third-order valence-corrected chi connectivity index (χ3v) is 2.14. The summed E-state index contributed by atoms with van der Waals surface area (Å²) in [6.45, 7) is 0. The van der Waals surface area contributed by atoms with Gasteiger partial charge in [0.1, 0.15) is 0 Å². The van der Waals surface area contributed by atoms with Gasteiger partial charge in [0.25, 0.3) is 0 Å². The van der Waals surface area contributed by atoms with Gasteiger partial charge in [-0.05, 0) is 0 Å². The van der Waals surface area contributed by atoms with E-state index in [2.05, 4.69) is 47.1 Å². The average molecular weight is 303 g/mol. The number of para-hydroxylation sites is 1. The second-order valence-corrected chi connectivity index (χ2v) is 5.82. The van der Waals surface area contributed by atoms with E-state index in [-0.39, 0.29) is 0 Å². The predicted molar refractivity (Wildman–Crippen MR) is 57.6 cm³/mol. The Labute approximate surface area is 91.5 Å². The van der Waals surface area contributed by atoms with Crippen LogP contribution in [0, 0.1) is 0 Å². The Morgan fingerprint density at radius 3 is 3.00 bits per heavy atom. The molecule has 0 radical (unpaired) electrons. The maximum atomic E-state index is 4.15. The van der Waals surface area contributed by atoms with Gasteiger partial charge in [0.05, 0.1) is 0 Å². The van der Waals surface area contributed by atoms with E-state index in [0.29, 0.717) is 0 Å². The van der Waals surface area contributed by atoms with Crippen LogP contribution in [0.5, 0.6) is 0 Å². The SMILES string of the molecule is [Se]=C([SeH])Nc1n[nH]c2ccccc12. The van der Waals surface area contributed by atoms with Crippen molar-refractivity contribution in [2.45, 2.75) is 0 Å². The fourth-order valence-electron chi connectivity index (χ4n) is 1.16. The van der Waals surface area contributed by atoms with Crippen molar-refractivity contribution in [2.75, 3.05) is 5.32 Å². The van der Waals surface area contributed by atoms with Gasteiger partial charge in [-0.3, -0.25) is 0 Å². The molecule has 0 amide bonds. The Bertz CT molecular complexity index is 449. The van der Waals surface area contributed by atoms with Gasteiger partial charge >= 0.3 is 91.5 Å². The topological polar surface area (TPSA) is 40.7 Å². The third-order valence-electron chi connectivity index (χ3n) is 1.70. The minimum atomic E-state index is 0.852. The molecule has 0 aliphatic heterocycles. The molecule has 0 aliphatic carbocycles. The first-order chi connectivity index (χ1) is 6.27. The number of nitrogens with zero attached hydrogens (tertiary/aromatic N) is 1. The summed E-state index contributed by atoms with van der Waals surface area (Å²) in [7, 11) is 0. The first-order valence-corrected chi connectivity index (χ1v) is 5.50. The van der Waals surface area contributed by atoms with Gasteiger partial charge in [-0.2, -0.15) is 0 Å². The minimum absolute atomic E-state index is 0.852. The van der Waals surface area contributed by atoms with Gasteiger partial charge in [0.15, 0.2) is 0 Å². The van der Waals surface area contributed by atoms with Crippen LogP contribution in [0.2, 0.25) is 0 Å². The molecule has 0 unspecified atom stereocenters. The Balaban J connectivity index is 2.51. The molecule has 2 aromatic rings. The van der Waals surface area contributed by atoms with Crippen molar-refractivity contribution < 1.29 is 0 Å². The van der Waals surface area contributed by atoms with Crippen LogP contribution in [-0.2, 0) is 0 Å². The molecule has 2 N–H and O–H groups in total. The molecule has 0 bridgehead atoms. The molecule has 5 heteroatoms. The third kappa shape index (κ3) is 1.84. The number of fused-ring (bicyclic) bond motifs is 1. The van der Waals surface area contributed by atoms with E-state index < -0.39 is 0 Å². The molecule has 13 heavy (non-hydrogen) atoms. The van der Waals surface area contributed by atoms with Crippen LogP contribution in [0.3, 0.4) is 0 Å². The molecule has 2 rings (SSSR count). The van der Waals surface area contributed by atoms with Gasteiger partial charge in [0, 0.05) is 0 Å². The predicted octanol–water partition coefficient (Wildman–Crippen LogP) is 0.131. The maximum absolute atomic E-state index is 4.15. The van der Waals surface area contributed by atoms with Crippen molar-refractivity contribution in [3.05, 3.63) is 24.3 Å². The summed E-state index contributed by atoms with van der Waals surface area (Å²) in [6.07, 6.45) is 0. The Morgan fingerprint density at radius 2 is 2.23 bits per heavy atom. The summed E-state index contributed by atoms with van der Waals surface area (Å²) in [4.78, 5) is 0. The molecule has 1 aromatic carbocycles. The van der Waals surface area contributed by atoms with Crippen molar-refractivity contribution >= 4 is 51.7 Å². The molecular weight excluding hydrogens is 296 g/mol. The van der Waals surface area contributed by atoms with Crippen molar-refractivity contribution in [2.24, 2.45) is 0 Å². The number of hydrogen-bond acceptors (Lipinski definition) is 2. The van der Waals surface area contributed by atoms with E-state index >= 15 is 0 Å². The number of nitrogens with one attached hydrogen (secondary N) is 2. The van der Waals surface area contributed by atoms with Gasteiger partial charge in [-0.15, -0.1) is 0 Å². The number of aromatic amines is 1. The van der Waals surface area contributed by atoms with Crippen molar-refractivity contribution in [1.82, 2.24) is 10.2 Å². The molecule has 3 nitrogen and oxygen atoms in total. The number of H-pyrrole nitrogens is 1. The summed E-state index contributed by atoms with van der Waals surface area (Å²) in [5.74, 6) is 0.852. The van der Waals surface area contributed by atoms with E-state index in [1.807, 2.05) is 24.3 Å². The van der Waals surface area contributed by atoms with Crippen LogP contribution in [0.1, 0.15) is 0 Å². The van der Waals surface area contributed by atoms with Gasteiger partial charge in [-0.1, -0.05) is 0 Å². The normalized spacial score (nSPS) is 10.2. The molecule has 66 valence electrons. The molecule has 1 heterocycles. The van der Waals surface area contributed by atoms with Gasteiger partial charge < -0.3 is 0 Å². The molecule has 1 aromatic heterocycles. The van der Waals surface area contributed by atoms with E-state index in [1.165, 1.54) is 0 Å². The first kappa shape index (κ1) is 8.97. The van der Waals surface area contributed by atoms with Crippen LogP contribution >= 0.6 is 0 Å². The number of rotatable bonds is 2. The van der Waals surface area contributed by atoms with Crippen LogP contribution in [0.4, 0.5) is 5.82 Å². The summed E-state index contributed by atoms with van der Waals surface area (Å²) in [6, 6.07) is 8.00. The van der Waals surface area contributed by atoms with E-state index in [0.717, 1.165) is 20.2 Å². The zero-order valence-electron chi connectivity index (χ0n) is 6.61. The molecule has 0 fully saturated rings. The zero-order valence-corrected chi connectivity index (χ0v) is 10.2. The van der Waals surface area contributed by atoms with Crippen molar-refractivity contribution in [3.63, 3.8) is 0 Å². The number of anilines is 1. The molecule has 0 saturated carbocycles. The van der Waals surface area contributed by atoms with Crippen LogP contribution in [0.15, 0.2) is 24.3 Å². The monoisotopic (exact) mass is 305 g/mol. The van der Waals surface area contributed by atoms with Crippen LogP contribution in [-0.4, -0.2) is 45.2 Å². The zero-order chi connectivity index (χ0) is 9.26. The average Bonchev–Trinajstić information content (AvgIpc) is 2.48. The molecule has 0 aliphatic rings. The molecular formula is C8H7N3Se2.